The molecule has 1 aromatic carbocycles. The first kappa shape index (κ1) is 15.2. The Morgan fingerprint density at radius 3 is 2.26 bits per heavy atom. The van der Waals surface area contributed by atoms with Crippen molar-refractivity contribution in [3.05, 3.63) is 22.7 Å². The first-order valence-corrected chi connectivity index (χ1v) is 6.04. The van der Waals surface area contributed by atoms with Gasteiger partial charge in [0.2, 0.25) is 11.8 Å². The second-order valence-corrected chi connectivity index (χ2v) is 4.66. The minimum absolute atomic E-state index is 0.176. The lowest BCUT2D eigenvalue weighted by atomic mass is 10.1. The Morgan fingerprint density at radius 2 is 1.74 bits per heavy atom. The van der Waals surface area contributed by atoms with Crippen LogP contribution in [0.1, 0.15) is 25.8 Å². The molecule has 0 heterocycles. The summed E-state index contributed by atoms with van der Waals surface area (Å²) >= 11 is 6.00. The maximum atomic E-state index is 11.5. The van der Waals surface area contributed by atoms with Crippen LogP contribution in [0.4, 0.5) is 11.4 Å². The number of aryl methyl sites for hydroxylation is 1. The van der Waals surface area contributed by atoms with E-state index in [1.54, 1.807) is 19.1 Å². The van der Waals surface area contributed by atoms with Gasteiger partial charge in [0, 0.05) is 12.6 Å². The highest BCUT2D eigenvalue weighted by Gasteiger charge is 2.11. The van der Waals surface area contributed by atoms with E-state index in [2.05, 4.69) is 10.6 Å². The zero-order valence-corrected chi connectivity index (χ0v) is 11.7. The third-order valence-corrected chi connectivity index (χ3v) is 2.62. The Balaban J connectivity index is 2.92. The normalized spacial score (nSPS) is 9.89. The van der Waals surface area contributed by atoms with E-state index in [0.29, 0.717) is 16.4 Å². The number of anilines is 2. The van der Waals surface area contributed by atoms with Gasteiger partial charge in [-0.3, -0.25) is 14.4 Å². The van der Waals surface area contributed by atoms with Crippen molar-refractivity contribution in [3.63, 3.8) is 0 Å². The van der Waals surface area contributed by atoms with Crippen LogP contribution in [-0.4, -0.2) is 17.6 Å². The van der Waals surface area contributed by atoms with Gasteiger partial charge in [-0.25, -0.2) is 0 Å². The molecular weight excluding hydrogens is 268 g/mol. The van der Waals surface area contributed by atoms with Gasteiger partial charge in [-0.1, -0.05) is 11.6 Å². The largest absolute Gasteiger partial charge is 0.325 e. The van der Waals surface area contributed by atoms with Gasteiger partial charge in [0.25, 0.3) is 0 Å². The minimum atomic E-state index is -0.390. The smallest absolute Gasteiger partial charge is 0.231 e. The Labute approximate surface area is 116 Å². The van der Waals surface area contributed by atoms with Crippen molar-refractivity contribution in [3.8, 4) is 0 Å². The topological polar surface area (TPSA) is 75.3 Å². The molecule has 0 saturated carbocycles. The summed E-state index contributed by atoms with van der Waals surface area (Å²) in [6.45, 7) is 4.50. The molecular formula is C13H15ClN2O3. The van der Waals surface area contributed by atoms with E-state index in [4.69, 9.17) is 11.6 Å². The third-order valence-electron chi connectivity index (χ3n) is 2.31. The summed E-state index contributed by atoms with van der Waals surface area (Å²) in [7, 11) is 0. The number of nitrogens with one attached hydrogen (secondary N) is 2. The monoisotopic (exact) mass is 282 g/mol. The summed E-state index contributed by atoms with van der Waals surface area (Å²) in [6.07, 6.45) is -0.176. The van der Waals surface area contributed by atoms with Crippen molar-refractivity contribution in [2.24, 2.45) is 0 Å². The molecule has 0 aromatic heterocycles. The van der Waals surface area contributed by atoms with Crippen molar-refractivity contribution >= 4 is 40.6 Å². The molecule has 102 valence electrons. The highest BCUT2D eigenvalue weighted by atomic mass is 35.5. The van der Waals surface area contributed by atoms with Crippen LogP contribution < -0.4 is 10.6 Å². The van der Waals surface area contributed by atoms with E-state index < -0.39 is 0 Å². The molecule has 0 radical (unpaired) electrons. The van der Waals surface area contributed by atoms with Crippen molar-refractivity contribution in [1.82, 2.24) is 0 Å². The lowest BCUT2D eigenvalue weighted by molar-refractivity contribution is -0.124. The second-order valence-electron chi connectivity index (χ2n) is 4.26. The first-order chi connectivity index (χ1) is 8.79. The Hall–Kier alpha value is -1.88. The average molecular weight is 283 g/mol. The van der Waals surface area contributed by atoms with Crippen molar-refractivity contribution in [1.29, 1.82) is 0 Å². The molecule has 2 N–H and O–H groups in total. The van der Waals surface area contributed by atoms with E-state index in [9.17, 15) is 14.4 Å². The SMILES string of the molecule is CC(=O)CC(=O)Nc1cc(Cl)c(NC(C)=O)cc1C. The summed E-state index contributed by atoms with van der Waals surface area (Å²) in [6, 6.07) is 3.20. The van der Waals surface area contributed by atoms with Crippen LogP contribution in [-0.2, 0) is 14.4 Å². The molecule has 0 unspecified atom stereocenters. The molecule has 1 aromatic rings. The van der Waals surface area contributed by atoms with E-state index in [1.165, 1.54) is 13.8 Å². The van der Waals surface area contributed by atoms with Gasteiger partial charge in [-0.2, -0.15) is 0 Å². The van der Waals surface area contributed by atoms with Crippen LogP contribution in [0.15, 0.2) is 12.1 Å². The first-order valence-electron chi connectivity index (χ1n) is 5.66. The summed E-state index contributed by atoms with van der Waals surface area (Å²) in [5.74, 6) is -0.829. The standard InChI is InChI=1S/C13H15ClN2O3/c1-7-4-12(15-9(3)18)10(14)6-11(7)16-13(19)5-8(2)17/h4,6H,5H2,1-3H3,(H,15,18)(H,16,19). The summed E-state index contributed by atoms with van der Waals surface area (Å²) in [4.78, 5) is 33.3. The van der Waals surface area contributed by atoms with Crippen molar-refractivity contribution in [2.45, 2.75) is 27.2 Å². The van der Waals surface area contributed by atoms with E-state index in [0.717, 1.165) is 5.56 Å². The summed E-state index contributed by atoms with van der Waals surface area (Å²) in [5, 5.41) is 5.51. The fourth-order valence-corrected chi connectivity index (χ4v) is 1.73. The number of Topliss-reactive ketones (excluding diaryl/α,β-unsaturated/α-hetero) is 1. The van der Waals surface area contributed by atoms with Gasteiger partial charge in [-0.05, 0) is 31.5 Å². The van der Waals surface area contributed by atoms with Crippen LogP contribution in [0.5, 0.6) is 0 Å². The molecule has 6 heteroatoms. The number of carbonyl (C=O) groups is 3. The Morgan fingerprint density at radius 1 is 1.11 bits per heavy atom. The second kappa shape index (κ2) is 6.33. The fraction of sp³-hybridized carbons (Fsp3) is 0.308. The number of ketones is 1. The lowest BCUT2D eigenvalue weighted by Gasteiger charge is -2.12. The molecule has 0 fully saturated rings. The zero-order valence-electron chi connectivity index (χ0n) is 11.0. The van der Waals surface area contributed by atoms with Crippen molar-refractivity contribution in [2.75, 3.05) is 10.6 Å². The fourth-order valence-electron chi connectivity index (χ4n) is 1.52. The highest BCUT2D eigenvalue weighted by molar-refractivity contribution is 6.34. The van der Waals surface area contributed by atoms with Crippen LogP contribution in [0.3, 0.4) is 0 Å². The minimum Gasteiger partial charge on any atom is -0.325 e. The van der Waals surface area contributed by atoms with Crippen LogP contribution in [0.25, 0.3) is 0 Å². The third kappa shape index (κ3) is 4.71. The maximum absolute atomic E-state index is 11.5. The van der Waals surface area contributed by atoms with E-state index >= 15 is 0 Å². The van der Waals surface area contributed by atoms with Gasteiger partial charge in [0.1, 0.15) is 5.78 Å². The van der Waals surface area contributed by atoms with Crippen LogP contribution in [0, 0.1) is 6.92 Å². The number of hydrogen-bond acceptors (Lipinski definition) is 3. The highest BCUT2D eigenvalue weighted by Crippen LogP contribution is 2.29. The van der Waals surface area contributed by atoms with Crippen LogP contribution >= 0.6 is 11.6 Å². The average Bonchev–Trinajstić information content (AvgIpc) is 2.23. The van der Waals surface area contributed by atoms with Gasteiger partial charge in [0.15, 0.2) is 0 Å². The molecule has 0 atom stereocenters. The number of hydrogen-bond donors (Lipinski definition) is 2. The lowest BCUT2D eigenvalue weighted by Crippen LogP contribution is -2.15. The quantitative estimate of drug-likeness (QED) is 0.833. The summed E-state index contributed by atoms with van der Waals surface area (Å²) in [5.41, 5.74) is 1.74. The predicted octanol–water partition coefficient (Wildman–Crippen LogP) is 2.52. The molecule has 0 saturated heterocycles. The molecule has 2 amide bonds. The number of benzene rings is 1. The predicted molar refractivity (Wildman–Crippen MR) is 74.4 cm³/mol. The van der Waals surface area contributed by atoms with Crippen LogP contribution in [0.2, 0.25) is 5.02 Å². The molecule has 0 aliphatic carbocycles. The Kier molecular flexibility index (Phi) is 5.06. The van der Waals surface area contributed by atoms with Gasteiger partial charge >= 0.3 is 0 Å². The molecule has 5 nitrogen and oxygen atoms in total. The molecule has 0 spiro atoms. The number of amides is 2. The van der Waals surface area contributed by atoms with Crippen molar-refractivity contribution < 1.29 is 14.4 Å². The molecule has 19 heavy (non-hydrogen) atoms. The molecule has 0 aliphatic rings. The van der Waals surface area contributed by atoms with Gasteiger partial charge in [-0.15, -0.1) is 0 Å². The Bertz CT molecular complexity index is 541. The number of halogens is 1. The van der Waals surface area contributed by atoms with Gasteiger partial charge in [0.05, 0.1) is 17.1 Å². The molecule has 0 aliphatic heterocycles. The zero-order chi connectivity index (χ0) is 14.6. The van der Waals surface area contributed by atoms with E-state index in [1.807, 2.05) is 0 Å². The molecule has 0 bridgehead atoms. The van der Waals surface area contributed by atoms with E-state index in [-0.39, 0.29) is 24.0 Å². The number of carbonyl (C=O) groups excluding carboxylic acids is 3. The maximum Gasteiger partial charge on any atom is 0.231 e. The number of rotatable bonds is 4. The molecule has 1 rings (SSSR count). The van der Waals surface area contributed by atoms with Gasteiger partial charge < -0.3 is 10.6 Å². The summed E-state index contributed by atoms with van der Waals surface area (Å²) < 4.78 is 0.